The number of rotatable bonds is 15. The Morgan fingerprint density at radius 3 is 0.855 bits per heavy atom. The van der Waals surface area contributed by atoms with Crippen molar-refractivity contribution in [3.8, 4) is 22.3 Å². The Labute approximate surface area is 419 Å². The molecule has 9 rings (SSSR count). The molecular weight excluding hydrogens is 848 g/mol. The summed E-state index contributed by atoms with van der Waals surface area (Å²) in [6.07, 6.45) is 13.8. The predicted octanol–water partition coefficient (Wildman–Crippen LogP) is 19.6. The molecule has 7 aromatic carbocycles. The first-order valence-electron chi connectivity index (χ1n) is 27.1. The molecule has 0 unspecified atom stereocenters. The van der Waals surface area contributed by atoms with Gasteiger partial charge in [0.15, 0.2) is 0 Å². The van der Waals surface area contributed by atoms with Crippen molar-refractivity contribution >= 4 is 13.2 Å². The molecular formula is C68H79P. The fraction of sp³-hybridized carbons (Fsp3) is 0.382. The van der Waals surface area contributed by atoms with E-state index in [2.05, 4.69) is 219 Å². The molecule has 2 fully saturated rings. The predicted molar refractivity (Wildman–Crippen MR) is 302 cm³/mol. The standard InChI is InChI=1S/C68H79P/c1-46(2)60-42-54(64(50-28-15-9-16-29-50)51-30-17-10-18-31-51)43-61(47(3)4)66(60)58-40-27-41-59(68(58)69(56-36-23-13-24-37-56)57-38-25-14-26-39-57)67-62(48(5)6)44-55(45-63(67)49(7)8)65(52-32-19-11-20-33-52)53-34-21-12-22-35-53/h9-12,15-22,27-35,40-49,56-57,64-65H,13-14,23-26,36-39H2,1-8H3. The first-order valence-corrected chi connectivity index (χ1v) is 28.6. The minimum atomic E-state index is -0.492. The van der Waals surface area contributed by atoms with Crippen molar-refractivity contribution in [2.45, 2.75) is 166 Å². The van der Waals surface area contributed by atoms with Gasteiger partial charge in [0.05, 0.1) is 0 Å². The molecule has 0 spiro atoms. The van der Waals surface area contributed by atoms with E-state index in [1.54, 1.807) is 16.4 Å². The highest BCUT2D eigenvalue weighted by atomic mass is 31.1. The van der Waals surface area contributed by atoms with Crippen molar-refractivity contribution in [3.05, 3.63) is 219 Å². The Hall–Kier alpha value is -5.03. The summed E-state index contributed by atoms with van der Waals surface area (Å²) in [6, 6.07) is 63.4. The van der Waals surface area contributed by atoms with Gasteiger partial charge in [0.2, 0.25) is 0 Å². The summed E-state index contributed by atoms with van der Waals surface area (Å²) in [4.78, 5) is 0. The largest absolute Gasteiger partial charge is 0.0676 e. The van der Waals surface area contributed by atoms with Gasteiger partial charge in [-0.2, -0.15) is 0 Å². The lowest BCUT2D eigenvalue weighted by Crippen LogP contribution is -2.29. The minimum absolute atomic E-state index is 0.153. The van der Waals surface area contributed by atoms with E-state index in [-0.39, 0.29) is 11.8 Å². The lowest BCUT2D eigenvalue weighted by atomic mass is 9.76. The quantitative estimate of drug-likeness (QED) is 0.0710. The zero-order valence-electron chi connectivity index (χ0n) is 43.2. The van der Waals surface area contributed by atoms with E-state index in [1.165, 1.54) is 131 Å². The Morgan fingerprint density at radius 1 is 0.319 bits per heavy atom. The molecule has 0 N–H and O–H groups in total. The summed E-state index contributed by atoms with van der Waals surface area (Å²) < 4.78 is 0. The van der Waals surface area contributed by atoms with E-state index in [0.717, 1.165) is 11.3 Å². The highest BCUT2D eigenvalue weighted by Crippen LogP contribution is 2.59. The third-order valence-corrected chi connectivity index (χ3v) is 19.5. The third kappa shape index (κ3) is 10.5. The van der Waals surface area contributed by atoms with Crippen LogP contribution in [0.2, 0.25) is 0 Å². The molecule has 0 nitrogen and oxygen atoms in total. The topological polar surface area (TPSA) is 0 Å². The molecule has 0 saturated heterocycles. The molecule has 0 bridgehead atoms. The van der Waals surface area contributed by atoms with E-state index in [1.807, 2.05) is 0 Å². The molecule has 356 valence electrons. The molecule has 0 amide bonds. The van der Waals surface area contributed by atoms with Crippen molar-refractivity contribution in [1.82, 2.24) is 0 Å². The highest BCUT2D eigenvalue weighted by Gasteiger charge is 2.38. The summed E-state index contributed by atoms with van der Waals surface area (Å²) in [5.41, 5.74) is 21.9. The average molecular weight is 927 g/mol. The van der Waals surface area contributed by atoms with Crippen molar-refractivity contribution in [2.24, 2.45) is 0 Å². The van der Waals surface area contributed by atoms with Gasteiger partial charge in [0, 0.05) is 11.8 Å². The van der Waals surface area contributed by atoms with Crippen molar-refractivity contribution in [1.29, 1.82) is 0 Å². The van der Waals surface area contributed by atoms with E-state index in [0.29, 0.717) is 23.7 Å². The first-order chi connectivity index (χ1) is 33.6. The highest BCUT2D eigenvalue weighted by molar-refractivity contribution is 7.67. The van der Waals surface area contributed by atoms with Crippen LogP contribution in [0.15, 0.2) is 164 Å². The number of hydrogen-bond donors (Lipinski definition) is 0. The lowest BCUT2D eigenvalue weighted by Gasteiger charge is -2.41. The summed E-state index contributed by atoms with van der Waals surface area (Å²) in [7, 11) is -0.492. The molecule has 69 heavy (non-hydrogen) atoms. The maximum Gasteiger partial charge on any atom is 0.0340 e. The molecule has 2 aliphatic rings. The summed E-state index contributed by atoms with van der Waals surface area (Å²) in [5, 5.41) is 1.74. The first kappa shape index (κ1) is 49.0. The monoisotopic (exact) mass is 927 g/mol. The van der Waals surface area contributed by atoms with Crippen LogP contribution in [0.1, 0.15) is 211 Å². The van der Waals surface area contributed by atoms with E-state index in [4.69, 9.17) is 0 Å². The molecule has 1 heteroatoms. The van der Waals surface area contributed by atoms with E-state index in [9.17, 15) is 0 Å². The van der Waals surface area contributed by atoms with Gasteiger partial charge in [-0.3, -0.25) is 0 Å². The van der Waals surface area contributed by atoms with Crippen LogP contribution in [0, 0.1) is 0 Å². The van der Waals surface area contributed by atoms with Gasteiger partial charge in [-0.05, 0) is 144 Å². The minimum Gasteiger partial charge on any atom is -0.0676 e. The van der Waals surface area contributed by atoms with Gasteiger partial charge in [-0.25, -0.2) is 0 Å². The molecule has 0 aliphatic heterocycles. The molecule has 0 atom stereocenters. The Morgan fingerprint density at radius 2 is 0.594 bits per heavy atom. The van der Waals surface area contributed by atoms with E-state index >= 15 is 0 Å². The second-order valence-electron chi connectivity index (χ2n) is 22.0. The summed E-state index contributed by atoms with van der Waals surface area (Å²) in [5.74, 6) is 1.70. The van der Waals surface area contributed by atoms with E-state index < -0.39 is 7.92 Å². The maximum atomic E-state index is 2.65. The molecule has 0 aromatic heterocycles. The smallest absolute Gasteiger partial charge is 0.0340 e. The van der Waals surface area contributed by atoms with Gasteiger partial charge < -0.3 is 0 Å². The Balaban J connectivity index is 1.36. The van der Waals surface area contributed by atoms with Crippen LogP contribution in [0.25, 0.3) is 22.3 Å². The molecule has 0 radical (unpaired) electrons. The third-order valence-electron chi connectivity index (χ3n) is 15.9. The fourth-order valence-corrected chi connectivity index (χ4v) is 16.6. The summed E-state index contributed by atoms with van der Waals surface area (Å²) in [6.45, 7) is 19.7. The second-order valence-corrected chi connectivity index (χ2v) is 24.7. The van der Waals surface area contributed by atoms with Crippen molar-refractivity contribution in [2.75, 3.05) is 0 Å². The van der Waals surface area contributed by atoms with Crippen LogP contribution in [-0.4, -0.2) is 11.3 Å². The van der Waals surface area contributed by atoms with Gasteiger partial charge in [-0.1, -0.05) is 266 Å². The Bertz CT molecular complexity index is 2410. The van der Waals surface area contributed by atoms with Crippen LogP contribution < -0.4 is 5.30 Å². The van der Waals surface area contributed by atoms with Gasteiger partial charge >= 0.3 is 0 Å². The fourth-order valence-electron chi connectivity index (χ4n) is 12.5. The maximum absolute atomic E-state index is 2.65. The van der Waals surface area contributed by atoms with Crippen LogP contribution >= 0.6 is 7.92 Å². The van der Waals surface area contributed by atoms with Crippen LogP contribution in [0.5, 0.6) is 0 Å². The average Bonchev–Trinajstić information content (AvgIpc) is 3.38. The van der Waals surface area contributed by atoms with Crippen LogP contribution in [0.4, 0.5) is 0 Å². The second kappa shape index (κ2) is 22.4. The molecule has 7 aromatic rings. The molecule has 2 aliphatic carbocycles. The lowest BCUT2D eigenvalue weighted by molar-refractivity contribution is 0.487. The van der Waals surface area contributed by atoms with Crippen LogP contribution in [-0.2, 0) is 0 Å². The summed E-state index contributed by atoms with van der Waals surface area (Å²) >= 11 is 0. The number of hydrogen-bond acceptors (Lipinski definition) is 0. The van der Waals surface area contributed by atoms with Gasteiger partial charge in [0.1, 0.15) is 0 Å². The zero-order chi connectivity index (χ0) is 48.0. The van der Waals surface area contributed by atoms with Gasteiger partial charge in [-0.15, -0.1) is 0 Å². The number of benzene rings is 7. The van der Waals surface area contributed by atoms with Gasteiger partial charge in [0.25, 0.3) is 0 Å². The zero-order valence-corrected chi connectivity index (χ0v) is 44.1. The van der Waals surface area contributed by atoms with Crippen LogP contribution in [0.3, 0.4) is 0 Å². The van der Waals surface area contributed by atoms with Crippen molar-refractivity contribution in [3.63, 3.8) is 0 Å². The SMILES string of the molecule is CC(C)c1cc(C(c2ccccc2)c2ccccc2)cc(C(C)C)c1-c1cccc(-c2c(C(C)C)cc(C(c3ccccc3)c3ccccc3)cc2C(C)C)c1P(C1CCCCC1)C1CCCCC1. The molecule has 0 heterocycles. The molecule has 2 saturated carbocycles. The Kier molecular flexibility index (Phi) is 15.9. The normalized spacial score (nSPS) is 15.2. The van der Waals surface area contributed by atoms with Crippen molar-refractivity contribution < 1.29 is 0 Å².